The smallest absolute Gasteiger partial charge is 0.228 e. The number of benzene rings is 2. The Balaban J connectivity index is 2.05. The van der Waals surface area contributed by atoms with Gasteiger partial charge in [-0.05, 0) is 42.3 Å². The zero-order valence-corrected chi connectivity index (χ0v) is 10.6. The van der Waals surface area contributed by atoms with Gasteiger partial charge in [-0.3, -0.25) is 4.79 Å². The van der Waals surface area contributed by atoms with E-state index in [4.69, 9.17) is 5.73 Å². The molecule has 0 radical (unpaired) electrons. The molecule has 1 amide bonds. The Bertz CT molecular complexity index is 594. The average molecular weight is 258 g/mol. The summed E-state index contributed by atoms with van der Waals surface area (Å²) in [6.07, 6.45) is 0.203. The highest BCUT2D eigenvalue weighted by atomic mass is 19.1. The van der Waals surface area contributed by atoms with Crippen molar-refractivity contribution in [3.05, 3.63) is 59.4 Å². The van der Waals surface area contributed by atoms with Crippen LogP contribution in [0.15, 0.2) is 42.5 Å². The SMILES string of the molecule is Cc1c(N)cccc1NC(=O)Cc1ccc(F)cc1. The molecule has 0 aromatic heterocycles. The molecule has 3 N–H and O–H groups in total. The van der Waals surface area contributed by atoms with Crippen molar-refractivity contribution in [1.82, 2.24) is 0 Å². The first kappa shape index (κ1) is 13.1. The van der Waals surface area contributed by atoms with Crippen LogP contribution >= 0.6 is 0 Å². The van der Waals surface area contributed by atoms with Gasteiger partial charge in [0.05, 0.1) is 6.42 Å². The number of nitrogens with one attached hydrogen (secondary N) is 1. The van der Waals surface area contributed by atoms with Gasteiger partial charge >= 0.3 is 0 Å². The Morgan fingerprint density at radius 3 is 2.58 bits per heavy atom. The molecule has 4 heteroatoms. The number of hydrogen-bond donors (Lipinski definition) is 2. The highest BCUT2D eigenvalue weighted by Gasteiger charge is 2.07. The van der Waals surface area contributed by atoms with E-state index < -0.39 is 0 Å². The zero-order chi connectivity index (χ0) is 13.8. The number of carbonyl (C=O) groups is 1. The van der Waals surface area contributed by atoms with Crippen molar-refractivity contribution in [1.29, 1.82) is 0 Å². The second-order valence-corrected chi connectivity index (χ2v) is 4.37. The van der Waals surface area contributed by atoms with Crippen LogP contribution in [0.25, 0.3) is 0 Å². The lowest BCUT2D eigenvalue weighted by Crippen LogP contribution is -2.15. The third-order valence-electron chi connectivity index (χ3n) is 2.93. The van der Waals surface area contributed by atoms with Gasteiger partial charge in [-0.1, -0.05) is 18.2 Å². The molecule has 0 spiro atoms. The molecule has 0 aliphatic rings. The van der Waals surface area contributed by atoms with E-state index in [9.17, 15) is 9.18 Å². The minimum absolute atomic E-state index is 0.152. The van der Waals surface area contributed by atoms with Gasteiger partial charge in [0.1, 0.15) is 5.82 Å². The summed E-state index contributed by atoms with van der Waals surface area (Å²) in [5.41, 5.74) is 8.72. The molecule has 0 saturated carbocycles. The Morgan fingerprint density at radius 1 is 1.21 bits per heavy atom. The van der Waals surface area contributed by atoms with Gasteiger partial charge in [0.15, 0.2) is 0 Å². The van der Waals surface area contributed by atoms with Crippen LogP contribution < -0.4 is 11.1 Å². The molecule has 19 heavy (non-hydrogen) atoms. The van der Waals surface area contributed by atoms with Gasteiger partial charge in [0.25, 0.3) is 0 Å². The van der Waals surface area contributed by atoms with Gasteiger partial charge in [-0.2, -0.15) is 0 Å². The number of halogens is 1. The third kappa shape index (κ3) is 3.31. The predicted molar refractivity (Wildman–Crippen MR) is 74.3 cm³/mol. The minimum atomic E-state index is -0.309. The largest absolute Gasteiger partial charge is 0.398 e. The normalized spacial score (nSPS) is 10.2. The Morgan fingerprint density at radius 2 is 1.89 bits per heavy atom. The van der Waals surface area contributed by atoms with Crippen molar-refractivity contribution in [2.24, 2.45) is 0 Å². The van der Waals surface area contributed by atoms with Crippen LogP contribution in [0.2, 0.25) is 0 Å². The summed E-state index contributed by atoms with van der Waals surface area (Å²) in [7, 11) is 0. The Labute approximate surface area is 111 Å². The van der Waals surface area contributed by atoms with Crippen molar-refractivity contribution >= 4 is 17.3 Å². The van der Waals surface area contributed by atoms with Crippen LogP contribution in [0.1, 0.15) is 11.1 Å². The van der Waals surface area contributed by atoms with E-state index in [1.807, 2.05) is 6.92 Å². The van der Waals surface area contributed by atoms with E-state index in [0.717, 1.165) is 11.1 Å². The molecule has 0 saturated heterocycles. The molecular weight excluding hydrogens is 243 g/mol. The maximum absolute atomic E-state index is 12.8. The quantitative estimate of drug-likeness (QED) is 0.832. The van der Waals surface area contributed by atoms with Crippen molar-refractivity contribution in [2.75, 3.05) is 11.1 Å². The first-order valence-corrected chi connectivity index (χ1v) is 5.95. The summed E-state index contributed by atoms with van der Waals surface area (Å²) in [6, 6.07) is 11.3. The fourth-order valence-electron chi connectivity index (χ4n) is 1.77. The molecule has 0 heterocycles. The molecule has 0 unspecified atom stereocenters. The molecule has 2 rings (SSSR count). The molecule has 2 aromatic rings. The van der Waals surface area contributed by atoms with Gasteiger partial charge in [-0.25, -0.2) is 4.39 Å². The van der Waals surface area contributed by atoms with E-state index in [2.05, 4.69) is 5.32 Å². The molecule has 0 atom stereocenters. The standard InChI is InChI=1S/C15H15FN2O/c1-10-13(17)3-2-4-14(10)18-15(19)9-11-5-7-12(16)8-6-11/h2-8H,9,17H2,1H3,(H,18,19). The molecule has 2 aromatic carbocycles. The maximum Gasteiger partial charge on any atom is 0.228 e. The molecule has 0 aliphatic heterocycles. The van der Waals surface area contributed by atoms with E-state index in [-0.39, 0.29) is 18.1 Å². The number of amides is 1. The molecule has 0 bridgehead atoms. The first-order chi connectivity index (χ1) is 9.06. The number of nitrogen functional groups attached to an aromatic ring is 1. The second-order valence-electron chi connectivity index (χ2n) is 4.37. The van der Waals surface area contributed by atoms with Gasteiger partial charge in [0, 0.05) is 11.4 Å². The summed E-state index contributed by atoms with van der Waals surface area (Å²) in [6.45, 7) is 1.85. The van der Waals surface area contributed by atoms with E-state index >= 15 is 0 Å². The monoisotopic (exact) mass is 258 g/mol. The number of hydrogen-bond acceptors (Lipinski definition) is 2. The number of anilines is 2. The summed E-state index contributed by atoms with van der Waals surface area (Å²) in [5.74, 6) is -0.462. The Hall–Kier alpha value is -2.36. The molecule has 0 fully saturated rings. The zero-order valence-electron chi connectivity index (χ0n) is 10.6. The van der Waals surface area contributed by atoms with Crippen molar-refractivity contribution in [3.8, 4) is 0 Å². The lowest BCUT2D eigenvalue weighted by Gasteiger charge is -2.10. The van der Waals surface area contributed by atoms with Crippen LogP contribution in [0.4, 0.5) is 15.8 Å². The van der Waals surface area contributed by atoms with Gasteiger partial charge in [-0.15, -0.1) is 0 Å². The maximum atomic E-state index is 12.8. The van der Waals surface area contributed by atoms with Crippen molar-refractivity contribution in [3.63, 3.8) is 0 Å². The molecular formula is C15H15FN2O. The van der Waals surface area contributed by atoms with Crippen LogP contribution in [-0.4, -0.2) is 5.91 Å². The number of nitrogens with two attached hydrogens (primary N) is 1. The van der Waals surface area contributed by atoms with Gasteiger partial charge in [0.2, 0.25) is 5.91 Å². The lowest BCUT2D eigenvalue weighted by atomic mass is 10.1. The summed E-state index contributed by atoms with van der Waals surface area (Å²) in [4.78, 5) is 11.9. The minimum Gasteiger partial charge on any atom is -0.398 e. The summed E-state index contributed by atoms with van der Waals surface area (Å²) in [5, 5.41) is 2.80. The van der Waals surface area contributed by atoms with Gasteiger partial charge < -0.3 is 11.1 Å². The van der Waals surface area contributed by atoms with Crippen LogP contribution in [-0.2, 0) is 11.2 Å². The van der Waals surface area contributed by atoms with Crippen molar-refractivity contribution < 1.29 is 9.18 Å². The molecule has 3 nitrogen and oxygen atoms in total. The summed E-state index contributed by atoms with van der Waals surface area (Å²) >= 11 is 0. The average Bonchev–Trinajstić information content (AvgIpc) is 2.38. The van der Waals surface area contributed by atoms with Crippen LogP contribution in [0.3, 0.4) is 0 Å². The fourth-order valence-corrected chi connectivity index (χ4v) is 1.77. The van der Waals surface area contributed by atoms with Crippen LogP contribution in [0, 0.1) is 12.7 Å². The Kier molecular flexibility index (Phi) is 3.80. The van der Waals surface area contributed by atoms with Crippen molar-refractivity contribution in [2.45, 2.75) is 13.3 Å². The molecule has 98 valence electrons. The van der Waals surface area contributed by atoms with Crippen LogP contribution in [0.5, 0.6) is 0 Å². The predicted octanol–water partition coefficient (Wildman–Crippen LogP) is 2.90. The first-order valence-electron chi connectivity index (χ1n) is 5.95. The lowest BCUT2D eigenvalue weighted by molar-refractivity contribution is -0.115. The topological polar surface area (TPSA) is 55.1 Å². The fraction of sp³-hybridized carbons (Fsp3) is 0.133. The number of rotatable bonds is 3. The van der Waals surface area contributed by atoms with E-state index in [1.165, 1.54) is 12.1 Å². The summed E-state index contributed by atoms with van der Waals surface area (Å²) < 4.78 is 12.8. The highest BCUT2D eigenvalue weighted by molar-refractivity contribution is 5.93. The number of carbonyl (C=O) groups excluding carboxylic acids is 1. The van der Waals surface area contributed by atoms with E-state index in [1.54, 1.807) is 30.3 Å². The third-order valence-corrected chi connectivity index (χ3v) is 2.93. The highest BCUT2D eigenvalue weighted by Crippen LogP contribution is 2.20. The van der Waals surface area contributed by atoms with E-state index in [0.29, 0.717) is 11.4 Å². The molecule has 0 aliphatic carbocycles. The second kappa shape index (κ2) is 5.52.